The Morgan fingerprint density at radius 3 is 3.00 bits per heavy atom. The van der Waals surface area contributed by atoms with Gasteiger partial charge in [0.15, 0.2) is 0 Å². The zero-order valence-corrected chi connectivity index (χ0v) is 7.29. The van der Waals surface area contributed by atoms with Crippen LogP contribution in [0.5, 0.6) is 0 Å². The lowest BCUT2D eigenvalue weighted by Crippen LogP contribution is -2.26. The van der Waals surface area contributed by atoms with Gasteiger partial charge in [0.1, 0.15) is 0 Å². The zero-order chi connectivity index (χ0) is 8.97. The predicted octanol–water partition coefficient (Wildman–Crippen LogP) is 0.682. The van der Waals surface area contributed by atoms with Crippen LogP contribution in [0.2, 0.25) is 0 Å². The lowest BCUT2D eigenvalue weighted by molar-refractivity contribution is -0.124. The third kappa shape index (κ3) is 2.38. The highest BCUT2D eigenvalue weighted by molar-refractivity contribution is 5.77. The second-order valence-corrected chi connectivity index (χ2v) is 2.98. The number of amides is 1. The Morgan fingerprint density at radius 1 is 1.75 bits per heavy atom. The van der Waals surface area contributed by atoms with Gasteiger partial charge in [-0.05, 0) is 0 Å². The SMILES string of the molecule is CC(C)C(=O)NCc1cn[nH]c1. The van der Waals surface area contributed by atoms with Crippen molar-refractivity contribution >= 4 is 5.91 Å². The molecule has 1 rings (SSSR count). The van der Waals surface area contributed by atoms with Crippen LogP contribution in [0.25, 0.3) is 0 Å². The van der Waals surface area contributed by atoms with E-state index in [0.29, 0.717) is 6.54 Å². The van der Waals surface area contributed by atoms with Gasteiger partial charge in [-0.3, -0.25) is 9.89 Å². The quantitative estimate of drug-likeness (QED) is 0.695. The van der Waals surface area contributed by atoms with Gasteiger partial charge in [0.05, 0.1) is 6.20 Å². The molecule has 0 fully saturated rings. The summed E-state index contributed by atoms with van der Waals surface area (Å²) < 4.78 is 0. The molecule has 0 saturated heterocycles. The molecule has 1 amide bonds. The minimum Gasteiger partial charge on any atom is -0.352 e. The van der Waals surface area contributed by atoms with Gasteiger partial charge < -0.3 is 5.32 Å². The number of aromatic amines is 1. The highest BCUT2D eigenvalue weighted by Crippen LogP contribution is 1.95. The van der Waals surface area contributed by atoms with Crippen molar-refractivity contribution in [1.29, 1.82) is 0 Å². The van der Waals surface area contributed by atoms with Crippen molar-refractivity contribution in [2.75, 3.05) is 0 Å². The van der Waals surface area contributed by atoms with Crippen LogP contribution in [0.15, 0.2) is 12.4 Å². The van der Waals surface area contributed by atoms with Crippen LogP contribution in [0.1, 0.15) is 19.4 Å². The van der Waals surface area contributed by atoms with E-state index in [-0.39, 0.29) is 11.8 Å². The Labute approximate surface area is 71.4 Å². The maximum Gasteiger partial charge on any atom is 0.222 e. The van der Waals surface area contributed by atoms with Gasteiger partial charge in [-0.15, -0.1) is 0 Å². The molecule has 0 aromatic carbocycles. The van der Waals surface area contributed by atoms with Crippen molar-refractivity contribution < 1.29 is 4.79 Å². The summed E-state index contributed by atoms with van der Waals surface area (Å²) in [5.41, 5.74) is 0.990. The fourth-order valence-electron chi connectivity index (χ4n) is 0.768. The minimum absolute atomic E-state index is 0.0388. The molecule has 4 heteroatoms. The molecule has 2 N–H and O–H groups in total. The van der Waals surface area contributed by atoms with Crippen molar-refractivity contribution in [1.82, 2.24) is 15.5 Å². The van der Waals surface area contributed by atoms with Crippen LogP contribution in [0.4, 0.5) is 0 Å². The number of hydrogen-bond donors (Lipinski definition) is 2. The Hall–Kier alpha value is -1.32. The Balaban J connectivity index is 2.32. The van der Waals surface area contributed by atoms with E-state index in [9.17, 15) is 4.79 Å². The van der Waals surface area contributed by atoms with Crippen LogP contribution >= 0.6 is 0 Å². The molecule has 0 saturated carbocycles. The second-order valence-electron chi connectivity index (χ2n) is 2.98. The number of aromatic nitrogens is 2. The lowest BCUT2D eigenvalue weighted by Gasteiger charge is -2.05. The molecule has 0 bridgehead atoms. The first-order chi connectivity index (χ1) is 5.70. The Bertz CT molecular complexity index is 241. The van der Waals surface area contributed by atoms with Crippen molar-refractivity contribution in [2.45, 2.75) is 20.4 Å². The van der Waals surface area contributed by atoms with Gasteiger partial charge in [0.25, 0.3) is 0 Å². The van der Waals surface area contributed by atoms with Crippen LogP contribution in [-0.2, 0) is 11.3 Å². The molecule has 0 aliphatic rings. The smallest absolute Gasteiger partial charge is 0.222 e. The van der Waals surface area contributed by atoms with Gasteiger partial charge in [-0.25, -0.2) is 0 Å². The molecule has 4 nitrogen and oxygen atoms in total. The second kappa shape index (κ2) is 3.90. The summed E-state index contributed by atoms with van der Waals surface area (Å²) in [5.74, 6) is 0.105. The Morgan fingerprint density at radius 2 is 2.50 bits per heavy atom. The van der Waals surface area contributed by atoms with Crippen LogP contribution in [0, 0.1) is 5.92 Å². The third-order valence-corrected chi connectivity index (χ3v) is 1.55. The van der Waals surface area contributed by atoms with Gasteiger partial charge >= 0.3 is 0 Å². The maximum atomic E-state index is 11.1. The van der Waals surface area contributed by atoms with Gasteiger partial charge in [0, 0.05) is 24.2 Å². The molecule has 66 valence electrons. The number of carbonyl (C=O) groups excluding carboxylic acids is 1. The molecule has 1 aromatic heterocycles. The predicted molar refractivity (Wildman–Crippen MR) is 45.3 cm³/mol. The van der Waals surface area contributed by atoms with Crippen molar-refractivity contribution in [3.63, 3.8) is 0 Å². The van der Waals surface area contributed by atoms with E-state index in [1.54, 1.807) is 12.4 Å². The summed E-state index contributed by atoms with van der Waals surface area (Å²) in [5, 5.41) is 9.24. The summed E-state index contributed by atoms with van der Waals surface area (Å²) >= 11 is 0. The molecular weight excluding hydrogens is 154 g/mol. The maximum absolute atomic E-state index is 11.1. The molecule has 1 heterocycles. The van der Waals surface area contributed by atoms with E-state index in [1.165, 1.54) is 0 Å². The first-order valence-corrected chi connectivity index (χ1v) is 3.95. The van der Waals surface area contributed by atoms with E-state index >= 15 is 0 Å². The van der Waals surface area contributed by atoms with E-state index < -0.39 is 0 Å². The number of nitrogens with zero attached hydrogens (tertiary/aromatic N) is 1. The first kappa shape index (κ1) is 8.77. The molecule has 0 radical (unpaired) electrons. The fraction of sp³-hybridized carbons (Fsp3) is 0.500. The largest absolute Gasteiger partial charge is 0.352 e. The highest BCUT2D eigenvalue weighted by atomic mass is 16.1. The summed E-state index contributed by atoms with van der Waals surface area (Å²) in [6.07, 6.45) is 3.46. The van der Waals surface area contributed by atoms with Crippen molar-refractivity contribution in [3.8, 4) is 0 Å². The average Bonchev–Trinajstić information content (AvgIpc) is 2.51. The van der Waals surface area contributed by atoms with Crippen LogP contribution < -0.4 is 5.32 Å². The molecule has 0 spiro atoms. The molecule has 0 unspecified atom stereocenters. The molecule has 12 heavy (non-hydrogen) atoms. The number of hydrogen-bond acceptors (Lipinski definition) is 2. The van der Waals surface area contributed by atoms with Crippen molar-refractivity contribution in [2.24, 2.45) is 5.92 Å². The number of rotatable bonds is 3. The summed E-state index contributed by atoms with van der Waals surface area (Å²) in [6, 6.07) is 0. The van der Waals surface area contributed by atoms with Gasteiger partial charge in [-0.2, -0.15) is 5.10 Å². The highest BCUT2D eigenvalue weighted by Gasteiger charge is 2.05. The van der Waals surface area contributed by atoms with E-state index in [1.807, 2.05) is 13.8 Å². The summed E-state index contributed by atoms with van der Waals surface area (Å²) in [6.45, 7) is 4.28. The molecular formula is C8H13N3O. The normalized spacial score (nSPS) is 10.2. The third-order valence-electron chi connectivity index (χ3n) is 1.55. The first-order valence-electron chi connectivity index (χ1n) is 3.95. The fourth-order valence-corrected chi connectivity index (χ4v) is 0.768. The van der Waals surface area contributed by atoms with Gasteiger partial charge in [0.2, 0.25) is 5.91 Å². The minimum atomic E-state index is 0.0388. The standard InChI is InChI=1S/C8H13N3O/c1-6(2)8(12)9-3-7-4-10-11-5-7/h4-6H,3H2,1-2H3,(H,9,12)(H,10,11). The Kier molecular flexibility index (Phi) is 2.85. The van der Waals surface area contributed by atoms with E-state index in [2.05, 4.69) is 15.5 Å². The molecule has 1 aromatic rings. The number of H-pyrrole nitrogens is 1. The van der Waals surface area contributed by atoms with E-state index in [0.717, 1.165) is 5.56 Å². The zero-order valence-electron chi connectivity index (χ0n) is 7.29. The van der Waals surface area contributed by atoms with Crippen molar-refractivity contribution in [3.05, 3.63) is 18.0 Å². The number of nitrogens with one attached hydrogen (secondary N) is 2. The molecule has 0 aliphatic carbocycles. The van der Waals surface area contributed by atoms with Crippen LogP contribution in [-0.4, -0.2) is 16.1 Å². The van der Waals surface area contributed by atoms with Gasteiger partial charge in [-0.1, -0.05) is 13.8 Å². The van der Waals surface area contributed by atoms with Crippen LogP contribution in [0.3, 0.4) is 0 Å². The average molecular weight is 167 g/mol. The topological polar surface area (TPSA) is 57.8 Å². The lowest BCUT2D eigenvalue weighted by atomic mass is 10.2. The monoisotopic (exact) mass is 167 g/mol. The summed E-state index contributed by atoms with van der Waals surface area (Å²) in [7, 11) is 0. The number of carbonyl (C=O) groups is 1. The molecule has 0 atom stereocenters. The molecule has 0 aliphatic heterocycles. The summed E-state index contributed by atoms with van der Waals surface area (Å²) in [4.78, 5) is 11.1. The van der Waals surface area contributed by atoms with E-state index in [4.69, 9.17) is 0 Å².